The van der Waals surface area contributed by atoms with Crippen molar-refractivity contribution in [3.63, 3.8) is 0 Å². The number of hydrogen-bond acceptors (Lipinski definition) is 4. The summed E-state index contributed by atoms with van der Waals surface area (Å²) in [5.41, 5.74) is 6.23. The Bertz CT molecular complexity index is 1380. The third-order valence-corrected chi connectivity index (χ3v) is 7.09. The SMILES string of the molecule is [C-]#[N+]CN1CCC(c2ccc3[nH]c(-c4cc(C(C)(C)O)c5ncnn5c4)c(C(C)C)c3c2)CC1. The van der Waals surface area contributed by atoms with Crippen molar-refractivity contribution in [2.24, 2.45) is 0 Å². The Morgan fingerprint density at radius 2 is 2.00 bits per heavy atom. The molecule has 4 aromatic rings. The molecule has 0 saturated carbocycles. The number of likely N-dealkylation sites (tertiary alicyclic amines) is 1. The molecule has 0 spiro atoms. The van der Waals surface area contributed by atoms with Crippen LogP contribution in [0, 0.1) is 6.57 Å². The van der Waals surface area contributed by atoms with Gasteiger partial charge in [0.25, 0.3) is 6.67 Å². The van der Waals surface area contributed by atoms with Crippen LogP contribution in [-0.2, 0) is 5.60 Å². The molecule has 5 rings (SSSR count). The zero-order chi connectivity index (χ0) is 24.0. The van der Waals surface area contributed by atoms with Crippen molar-refractivity contribution in [3.05, 3.63) is 64.9 Å². The van der Waals surface area contributed by atoms with Crippen LogP contribution in [0.15, 0.2) is 36.8 Å². The number of fused-ring (bicyclic) bond motifs is 2. The number of nitrogens with one attached hydrogen (secondary N) is 1. The molecule has 1 fully saturated rings. The molecule has 0 radical (unpaired) electrons. The van der Waals surface area contributed by atoms with E-state index in [4.69, 9.17) is 6.57 Å². The van der Waals surface area contributed by atoms with Gasteiger partial charge in [-0.2, -0.15) is 5.10 Å². The number of rotatable bonds is 5. The van der Waals surface area contributed by atoms with Gasteiger partial charge in [0.2, 0.25) is 0 Å². The number of benzene rings is 1. The first kappa shape index (κ1) is 22.6. The lowest BCUT2D eigenvalue weighted by Crippen LogP contribution is -2.32. The van der Waals surface area contributed by atoms with E-state index in [9.17, 15) is 5.11 Å². The highest BCUT2D eigenvalue weighted by atomic mass is 16.3. The average Bonchev–Trinajstić information content (AvgIpc) is 3.42. The van der Waals surface area contributed by atoms with Gasteiger partial charge in [0.05, 0.1) is 11.3 Å². The summed E-state index contributed by atoms with van der Waals surface area (Å²) in [7, 11) is 0. The lowest BCUT2D eigenvalue weighted by Gasteiger charge is -2.28. The van der Waals surface area contributed by atoms with E-state index in [0.29, 0.717) is 24.2 Å². The second-order valence-corrected chi connectivity index (χ2v) is 10.3. The van der Waals surface area contributed by atoms with E-state index < -0.39 is 5.60 Å². The molecule has 7 nitrogen and oxygen atoms in total. The summed E-state index contributed by atoms with van der Waals surface area (Å²) in [6.07, 6.45) is 5.70. The van der Waals surface area contributed by atoms with Crippen LogP contribution < -0.4 is 0 Å². The monoisotopic (exact) mass is 456 g/mol. The molecule has 0 atom stereocenters. The van der Waals surface area contributed by atoms with E-state index in [1.807, 2.05) is 12.3 Å². The van der Waals surface area contributed by atoms with Crippen molar-refractivity contribution >= 4 is 16.6 Å². The largest absolute Gasteiger partial charge is 0.386 e. The second-order valence-electron chi connectivity index (χ2n) is 10.3. The second kappa shape index (κ2) is 8.53. The van der Waals surface area contributed by atoms with Crippen molar-refractivity contribution in [1.29, 1.82) is 0 Å². The van der Waals surface area contributed by atoms with Gasteiger partial charge < -0.3 is 10.1 Å². The minimum atomic E-state index is -1.04. The molecule has 34 heavy (non-hydrogen) atoms. The Morgan fingerprint density at radius 1 is 1.24 bits per heavy atom. The summed E-state index contributed by atoms with van der Waals surface area (Å²) in [4.78, 5) is 13.8. The fraction of sp³-hybridized carbons (Fsp3) is 0.444. The minimum absolute atomic E-state index is 0.316. The van der Waals surface area contributed by atoms with Crippen LogP contribution in [-0.4, -0.2) is 49.3 Å². The predicted octanol–water partition coefficient (Wildman–Crippen LogP) is 5.28. The van der Waals surface area contributed by atoms with Crippen LogP contribution in [0.3, 0.4) is 0 Å². The Labute approximate surface area is 200 Å². The van der Waals surface area contributed by atoms with Crippen molar-refractivity contribution in [2.45, 2.75) is 58.0 Å². The number of nitrogens with zero attached hydrogens (tertiary/aromatic N) is 5. The molecular weight excluding hydrogens is 424 g/mol. The molecule has 0 aliphatic carbocycles. The number of aliphatic hydroxyl groups is 1. The molecule has 0 bridgehead atoms. The van der Waals surface area contributed by atoms with Crippen LogP contribution >= 0.6 is 0 Å². The zero-order valence-electron chi connectivity index (χ0n) is 20.3. The number of aromatic nitrogens is 4. The fourth-order valence-electron chi connectivity index (χ4n) is 5.33. The van der Waals surface area contributed by atoms with Crippen molar-refractivity contribution in [3.8, 4) is 11.3 Å². The summed E-state index contributed by atoms with van der Waals surface area (Å²) in [6.45, 7) is 17.6. The third kappa shape index (κ3) is 3.97. The van der Waals surface area contributed by atoms with E-state index in [-0.39, 0.29) is 0 Å². The van der Waals surface area contributed by atoms with Crippen molar-refractivity contribution in [2.75, 3.05) is 19.8 Å². The molecule has 2 N–H and O–H groups in total. The van der Waals surface area contributed by atoms with Gasteiger partial charge in [0.1, 0.15) is 6.33 Å². The maximum absolute atomic E-state index is 10.8. The number of H-pyrrole nitrogens is 1. The molecule has 7 heteroatoms. The predicted molar refractivity (Wildman–Crippen MR) is 135 cm³/mol. The Kier molecular flexibility index (Phi) is 5.67. The van der Waals surface area contributed by atoms with Gasteiger partial charge in [-0.05, 0) is 67.9 Å². The molecule has 0 amide bonds. The molecule has 176 valence electrons. The van der Waals surface area contributed by atoms with Gasteiger partial charge in [0.15, 0.2) is 5.65 Å². The van der Waals surface area contributed by atoms with E-state index in [1.54, 1.807) is 18.4 Å². The number of pyridine rings is 1. The summed E-state index contributed by atoms with van der Waals surface area (Å²) in [6, 6.07) is 8.86. The van der Waals surface area contributed by atoms with Crippen molar-refractivity contribution in [1.82, 2.24) is 24.5 Å². The highest BCUT2D eigenvalue weighted by Crippen LogP contribution is 2.39. The number of hydrogen-bond donors (Lipinski definition) is 2. The summed E-state index contributed by atoms with van der Waals surface area (Å²) < 4.78 is 1.75. The van der Waals surface area contributed by atoms with Crippen LogP contribution in [0.2, 0.25) is 0 Å². The van der Waals surface area contributed by atoms with Gasteiger partial charge in [0, 0.05) is 41.3 Å². The quantitative estimate of drug-likeness (QED) is 0.401. The standard InChI is InChI=1S/C27H32N6O/c1-17(2)24-21-12-19(18-8-10-32(11-9-18)16-28-5)6-7-23(21)31-25(24)20-13-22(27(3,4)34)26-29-15-30-33(26)14-20/h6-7,12-15,17-18,31,34H,8-11,16H2,1-4H3. The van der Waals surface area contributed by atoms with Crippen LogP contribution in [0.5, 0.6) is 0 Å². The Morgan fingerprint density at radius 3 is 2.68 bits per heavy atom. The minimum Gasteiger partial charge on any atom is -0.386 e. The van der Waals surface area contributed by atoms with Gasteiger partial charge in [-0.25, -0.2) is 21.0 Å². The smallest absolute Gasteiger partial charge is 0.270 e. The topological polar surface area (TPSA) is 73.8 Å². The van der Waals surface area contributed by atoms with Gasteiger partial charge >= 0.3 is 0 Å². The molecule has 1 aliphatic heterocycles. The van der Waals surface area contributed by atoms with Crippen LogP contribution in [0.4, 0.5) is 0 Å². The third-order valence-electron chi connectivity index (χ3n) is 7.09. The molecule has 4 heterocycles. The first-order valence-electron chi connectivity index (χ1n) is 12.0. The first-order valence-corrected chi connectivity index (χ1v) is 12.0. The number of aromatic amines is 1. The average molecular weight is 457 g/mol. The molecule has 0 unspecified atom stereocenters. The van der Waals surface area contributed by atoms with Gasteiger partial charge in [-0.15, -0.1) is 0 Å². The normalized spacial score (nSPS) is 16.0. The highest BCUT2D eigenvalue weighted by Gasteiger charge is 2.26. The molecule has 3 aromatic heterocycles. The summed E-state index contributed by atoms with van der Waals surface area (Å²) in [5, 5.41) is 16.4. The summed E-state index contributed by atoms with van der Waals surface area (Å²) >= 11 is 0. The zero-order valence-corrected chi connectivity index (χ0v) is 20.3. The molecule has 1 saturated heterocycles. The van der Waals surface area contributed by atoms with E-state index in [0.717, 1.165) is 48.3 Å². The number of piperidine rings is 1. The fourth-order valence-corrected chi connectivity index (χ4v) is 5.33. The maximum Gasteiger partial charge on any atom is 0.270 e. The van der Waals surface area contributed by atoms with E-state index >= 15 is 0 Å². The van der Waals surface area contributed by atoms with E-state index in [2.05, 4.69) is 56.9 Å². The highest BCUT2D eigenvalue weighted by molar-refractivity contribution is 5.92. The molecule has 1 aliphatic rings. The molecular formula is C27H32N6O. The van der Waals surface area contributed by atoms with Crippen LogP contribution in [0.1, 0.15) is 69.1 Å². The lowest BCUT2D eigenvalue weighted by atomic mass is 9.87. The summed E-state index contributed by atoms with van der Waals surface area (Å²) in [5.74, 6) is 0.842. The van der Waals surface area contributed by atoms with Crippen molar-refractivity contribution < 1.29 is 5.11 Å². The van der Waals surface area contributed by atoms with E-state index in [1.165, 1.54) is 22.8 Å². The lowest BCUT2D eigenvalue weighted by molar-refractivity contribution is 0.0796. The maximum atomic E-state index is 10.8. The first-order chi connectivity index (χ1) is 16.3. The molecule has 1 aromatic carbocycles. The Hall–Kier alpha value is -3.21. The van der Waals surface area contributed by atoms with Gasteiger partial charge in [-0.3, -0.25) is 4.85 Å². The van der Waals surface area contributed by atoms with Gasteiger partial charge in [-0.1, -0.05) is 19.9 Å². The Balaban J connectivity index is 1.60. The van der Waals surface area contributed by atoms with Crippen LogP contribution in [0.25, 0.3) is 32.7 Å².